The zero-order valence-electron chi connectivity index (χ0n) is 12.8. The number of carbonyl (C=O) groups is 1. The van der Waals surface area contributed by atoms with Crippen LogP contribution in [0.3, 0.4) is 0 Å². The summed E-state index contributed by atoms with van der Waals surface area (Å²) in [7, 11) is 0. The molecule has 2 atom stereocenters. The van der Waals surface area contributed by atoms with Crippen LogP contribution in [0.4, 0.5) is 0 Å². The lowest BCUT2D eigenvalue weighted by molar-refractivity contribution is 0.0555. The van der Waals surface area contributed by atoms with E-state index >= 15 is 0 Å². The normalized spacial score (nSPS) is 32.1. The molecule has 2 aliphatic carbocycles. The summed E-state index contributed by atoms with van der Waals surface area (Å²) < 4.78 is 0. The van der Waals surface area contributed by atoms with Gasteiger partial charge in [0.2, 0.25) is 0 Å². The fourth-order valence-corrected chi connectivity index (χ4v) is 4.17. The second kappa shape index (κ2) is 4.65. The third kappa shape index (κ3) is 2.14. The minimum Gasteiger partial charge on any atom is -0.326 e. The third-order valence-electron chi connectivity index (χ3n) is 5.76. The number of hydrogen-bond acceptors (Lipinski definition) is 3. The molecule has 0 amide bonds. The molecule has 1 saturated heterocycles. The summed E-state index contributed by atoms with van der Waals surface area (Å²) in [6, 6.07) is 6.33. The van der Waals surface area contributed by atoms with Gasteiger partial charge in [-0.1, -0.05) is 25.1 Å². The molecule has 0 radical (unpaired) electrons. The van der Waals surface area contributed by atoms with Gasteiger partial charge in [0.05, 0.1) is 6.04 Å². The highest BCUT2D eigenvalue weighted by Crippen LogP contribution is 2.46. The molecule has 0 aromatic heterocycles. The summed E-state index contributed by atoms with van der Waals surface area (Å²) in [5.74, 6) is 1.19. The lowest BCUT2D eigenvalue weighted by Gasteiger charge is -2.49. The van der Waals surface area contributed by atoms with Crippen molar-refractivity contribution in [2.45, 2.75) is 50.6 Å². The van der Waals surface area contributed by atoms with Crippen molar-refractivity contribution in [1.82, 2.24) is 4.90 Å². The number of nitrogens with two attached hydrogens (primary N) is 1. The number of ketones is 1. The van der Waals surface area contributed by atoms with E-state index in [1.54, 1.807) is 0 Å². The van der Waals surface area contributed by atoms with Crippen molar-refractivity contribution in [2.75, 3.05) is 13.1 Å². The fourth-order valence-electron chi connectivity index (χ4n) is 4.17. The number of fused-ring (bicyclic) bond motifs is 4. The van der Waals surface area contributed by atoms with Crippen LogP contribution in [-0.4, -0.2) is 29.8 Å². The van der Waals surface area contributed by atoms with Crippen LogP contribution in [0.25, 0.3) is 0 Å². The maximum absolute atomic E-state index is 12.9. The third-order valence-corrected chi connectivity index (χ3v) is 5.76. The number of benzene rings is 1. The topological polar surface area (TPSA) is 46.3 Å². The van der Waals surface area contributed by atoms with Crippen molar-refractivity contribution in [2.24, 2.45) is 11.7 Å². The molecule has 112 valence electrons. The smallest absolute Gasteiger partial charge is 0.180 e. The molecule has 3 heteroatoms. The molecule has 4 rings (SSSR count). The largest absolute Gasteiger partial charge is 0.326 e. The molecule has 2 bridgehead atoms. The minimum absolute atomic E-state index is 0.112. The van der Waals surface area contributed by atoms with E-state index < -0.39 is 0 Å². The number of piperidine rings is 1. The van der Waals surface area contributed by atoms with Gasteiger partial charge in [0, 0.05) is 18.7 Å². The first-order valence-corrected chi connectivity index (χ1v) is 8.22. The van der Waals surface area contributed by atoms with Gasteiger partial charge in [-0.3, -0.25) is 9.69 Å². The van der Waals surface area contributed by atoms with Crippen molar-refractivity contribution in [1.29, 1.82) is 0 Å². The molecule has 2 fully saturated rings. The molecular weight excluding hydrogens is 260 g/mol. The molecule has 21 heavy (non-hydrogen) atoms. The highest BCUT2D eigenvalue weighted by Gasteiger charge is 2.47. The second-order valence-electron chi connectivity index (χ2n) is 7.42. The molecule has 2 N–H and O–H groups in total. The van der Waals surface area contributed by atoms with Crippen LogP contribution in [-0.2, 0) is 12.0 Å². The zero-order chi connectivity index (χ0) is 14.6. The fraction of sp³-hybridized carbons (Fsp3) is 0.611. The van der Waals surface area contributed by atoms with Crippen molar-refractivity contribution in [3.8, 4) is 0 Å². The predicted octanol–water partition coefficient (Wildman–Crippen LogP) is 2.47. The first kappa shape index (κ1) is 13.5. The van der Waals surface area contributed by atoms with E-state index in [4.69, 9.17) is 5.73 Å². The molecule has 1 unspecified atom stereocenters. The van der Waals surface area contributed by atoms with Gasteiger partial charge in [-0.2, -0.15) is 0 Å². The maximum atomic E-state index is 12.9. The molecular formula is C18H24N2O. The average molecular weight is 284 g/mol. The zero-order valence-corrected chi connectivity index (χ0v) is 12.8. The van der Waals surface area contributed by atoms with Gasteiger partial charge in [0.1, 0.15) is 0 Å². The van der Waals surface area contributed by atoms with E-state index in [2.05, 4.69) is 17.9 Å². The Kier molecular flexibility index (Phi) is 2.98. The van der Waals surface area contributed by atoms with Crippen LogP contribution >= 0.6 is 0 Å². The van der Waals surface area contributed by atoms with Crippen molar-refractivity contribution < 1.29 is 4.79 Å². The van der Waals surface area contributed by atoms with Gasteiger partial charge in [-0.15, -0.1) is 0 Å². The highest BCUT2D eigenvalue weighted by molar-refractivity contribution is 6.03. The SMILES string of the molecule is C[C@@]12CCN(CC3CC3)C(C1)C(=O)c1ccc(CN)cc12. The Labute approximate surface area is 126 Å². The van der Waals surface area contributed by atoms with Gasteiger partial charge < -0.3 is 5.73 Å². The summed E-state index contributed by atoms with van der Waals surface area (Å²) in [5, 5.41) is 0. The van der Waals surface area contributed by atoms with Crippen LogP contribution in [0.1, 0.15) is 54.1 Å². The number of hydrogen-bond donors (Lipinski definition) is 1. The van der Waals surface area contributed by atoms with Gasteiger partial charge in [0.15, 0.2) is 5.78 Å². The lowest BCUT2D eigenvalue weighted by Crippen LogP contribution is -2.55. The molecule has 1 saturated carbocycles. The summed E-state index contributed by atoms with van der Waals surface area (Å²) in [6.45, 7) is 5.08. The van der Waals surface area contributed by atoms with Gasteiger partial charge >= 0.3 is 0 Å². The van der Waals surface area contributed by atoms with Crippen molar-refractivity contribution >= 4 is 5.78 Å². The van der Waals surface area contributed by atoms with Gasteiger partial charge in [-0.25, -0.2) is 0 Å². The van der Waals surface area contributed by atoms with Crippen molar-refractivity contribution in [3.05, 3.63) is 34.9 Å². The lowest BCUT2D eigenvalue weighted by atomic mass is 9.64. The van der Waals surface area contributed by atoms with E-state index in [9.17, 15) is 4.79 Å². The van der Waals surface area contributed by atoms with E-state index in [0.29, 0.717) is 12.3 Å². The average Bonchev–Trinajstić information content (AvgIpc) is 3.31. The standard InChI is InChI=1S/C18H24N2O/c1-18-6-7-20(11-12-2-3-12)16(9-18)17(21)14-5-4-13(10-19)8-15(14)18/h4-5,8,12,16H,2-3,6-7,9-11,19H2,1H3/t16?,18-/m1/s1. The molecule has 1 heterocycles. The van der Waals surface area contributed by atoms with Crippen LogP contribution in [0, 0.1) is 5.92 Å². The predicted molar refractivity (Wildman–Crippen MR) is 83.3 cm³/mol. The Morgan fingerprint density at radius 1 is 1.38 bits per heavy atom. The van der Waals surface area contributed by atoms with Gasteiger partial charge in [-0.05, 0) is 54.7 Å². The maximum Gasteiger partial charge on any atom is 0.180 e. The highest BCUT2D eigenvalue weighted by atomic mass is 16.1. The molecule has 1 aliphatic heterocycles. The number of likely N-dealkylation sites (tertiary alicyclic amines) is 1. The van der Waals surface area contributed by atoms with Crippen LogP contribution in [0.2, 0.25) is 0 Å². The second-order valence-corrected chi connectivity index (χ2v) is 7.42. The molecule has 3 aliphatic rings. The monoisotopic (exact) mass is 284 g/mol. The summed E-state index contributed by atoms with van der Waals surface area (Å²) in [5.41, 5.74) is 9.27. The molecule has 1 aromatic carbocycles. The quantitative estimate of drug-likeness (QED) is 0.927. The first-order chi connectivity index (χ1) is 10.1. The van der Waals surface area contributed by atoms with E-state index in [1.807, 2.05) is 12.1 Å². The number of nitrogens with zero attached hydrogens (tertiary/aromatic N) is 1. The van der Waals surface area contributed by atoms with Gasteiger partial charge in [0.25, 0.3) is 0 Å². The first-order valence-electron chi connectivity index (χ1n) is 8.22. The summed E-state index contributed by atoms with van der Waals surface area (Å²) in [6.07, 6.45) is 4.85. The van der Waals surface area contributed by atoms with Crippen molar-refractivity contribution in [3.63, 3.8) is 0 Å². The number of rotatable bonds is 3. The van der Waals surface area contributed by atoms with Crippen LogP contribution in [0.15, 0.2) is 18.2 Å². The number of carbonyl (C=O) groups excluding carboxylic acids is 1. The molecule has 0 spiro atoms. The summed E-state index contributed by atoms with van der Waals surface area (Å²) in [4.78, 5) is 15.4. The Morgan fingerprint density at radius 2 is 2.19 bits per heavy atom. The minimum atomic E-state index is 0.112. The summed E-state index contributed by atoms with van der Waals surface area (Å²) >= 11 is 0. The Morgan fingerprint density at radius 3 is 2.90 bits per heavy atom. The Balaban J connectivity index is 1.72. The molecule has 1 aromatic rings. The number of Topliss-reactive ketones (excluding diaryl/α,β-unsaturated/α-hetero) is 1. The van der Waals surface area contributed by atoms with E-state index in [-0.39, 0.29) is 11.5 Å². The van der Waals surface area contributed by atoms with E-state index in [0.717, 1.165) is 43.0 Å². The Bertz CT molecular complexity index is 593. The van der Waals surface area contributed by atoms with Crippen LogP contribution in [0.5, 0.6) is 0 Å². The van der Waals surface area contributed by atoms with E-state index in [1.165, 1.54) is 18.4 Å². The van der Waals surface area contributed by atoms with Crippen LogP contribution < -0.4 is 5.73 Å². The molecule has 3 nitrogen and oxygen atoms in total. The Hall–Kier alpha value is -1.19.